The van der Waals surface area contributed by atoms with Gasteiger partial charge in [-0.05, 0) is 51.2 Å². The van der Waals surface area contributed by atoms with E-state index in [1.165, 1.54) is 17.4 Å². The molecule has 3 heterocycles. The molecule has 1 aliphatic rings. The van der Waals surface area contributed by atoms with Crippen molar-refractivity contribution < 1.29 is 27.4 Å². The van der Waals surface area contributed by atoms with E-state index in [0.717, 1.165) is 28.1 Å². The number of thiazole rings is 1. The van der Waals surface area contributed by atoms with Gasteiger partial charge in [-0.3, -0.25) is 9.69 Å². The number of morpholine rings is 1. The third-order valence-corrected chi connectivity index (χ3v) is 6.73. The number of likely N-dealkylation sites (N-methyl/N-ethyl adjacent to an activating group) is 1. The van der Waals surface area contributed by atoms with Crippen LogP contribution in [0.1, 0.15) is 39.6 Å². The van der Waals surface area contributed by atoms with Crippen molar-refractivity contribution >= 4 is 17.2 Å². The van der Waals surface area contributed by atoms with Gasteiger partial charge in [-0.1, -0.05) is 0 Å². The maximum absolute atomic E-state index is 13.1. The molecular formula is C24H26F3N5O3S. The van der Waals surface area contributed by atoms with Crippen LogP contribution < -0.4 is 10.1 Å². The maximum atomic E-state index is 13.1. The molecule has 0 saturated carbocycles. The fourth-order valence-corrected chi connectivity index (χ4v) is 4.36. The number of nitrogens with zero attached hydrogens (tertiary/aromatic N) is 4. The molecule has 0 radical (unpaired) electrons. The number of halogens is 3. The zero-order chi connectivity index (χ0) is 25.9. The number of amides is 1. The summed E-state index contributed by atoms with van der Waals surface area (Å²) in [5.74, 6) is 0.0775. The summed E-state index contributed by atoms with van der Waals surface area (Å²) in [5.41, 5.74) is 0.174. The Balaban J connectivity index is 1.53. The Kier molecular flexibility index (Phi) is 7.86. The number of hydrogen-bond acceptors (Lipinski definition) is 8. The smallest absolute Gasteiger partial charge is 0.435 e. The van der Waals surface area contributed by atoms with Crippen molar-refractivity contribution in [3.05, 3.63) is 58.4 Å². The highest BCUT2D eigenvalue weighted by atomic mass is 32.1. The van der Waals surface area contributed by atoms with E-state index < -0.39 is 23.8 Å². The van der Waals surface area contributed by atoms with E-state index in [1.807, 2.05) is 20.0 Å². The Hall–Kier alpha value is -3.09. The van der Waals surface area contributed by atoms with Crippen molar-refractivity contribution in [2.24, 2.45) is 0 Å². The van der Waals surface area contributed by atoms with E-state index in [-0.39, 0.29) is 11.7 Å². The monoisotopic (exact) mass is 521 g/mol. The Morgan fingerprint density at radius 3 is 2.75 bits per heavy atom. The molecule has 1 amide bonds. The quantitative estimate of drug-likeness (QED) is 0.500. The Labute approximate surface area is 210 Å². The molecule has 0 spiro atoms. The van der Waals surface area contributed by atoms with Crippen LogP contribution in [0.2, 0.25) is 0 Å². The molecule has 36 heavy (non-hydrogen) atoms. The number of benzene rings is 1. The fraction of sp³-hybridized carbons (Fsp3) is 0.417. The topological polar surface area (TPSA) is 89.5 Å². The normalized spacial score (nSPS) is 17.6. The van der Waals surface area contributed by atoms with E-state index in [0.29, 0.717) is 31.1 Å². The van der Waals surface area contributed by atoms with Crippen molar-refractivity contribution in [2.45, 2.75) is 32.1 Å². The first-order chi connectivity index (χ1) is 17.1. The van der Waals surface area contributed by atoms with Gasteiger partial charge in [0.1, 0.15) is 17.4 Å². The third-order valence-electron chi connectivity index (χ3n) is 5.77. The molecule has 8 nitrogen and oxygen atoms in total. The van der Waals surface area contributed by atoms with Crippen molar-refractivity contribution in [3.8, 4) is 16.3 Å². The molecule has 1 fully saturated rings. The Bertz CT molecular complexity index is 1200. The molecule has 1 saturated heterocycles. The lowest BCUT2D eigenvalue weighted by molar-refractivity contribution is -0.141. The van der Waals surface area contributed by atoms with Crippen molar-refractivity contribution in [3.63, 3.8) is 0 Å². The van der Waals surface area contributed by atoms with Gasteiger partial charge in [0.05, 0.1) is 31.0 Å². The minimum Gasteiger partial charge on any atom is -0.492 e. The number of aromatic nitrogens is 3. The summed E-state index contributed by atoms with van der Waals surface area (Å²) in [6.07, 6.45) is -2.82. The number of carbonyl (C=O) groups excluding carboxylic acids is 1. The fourth-order valence-electron chi connectivity index (χ4n) is 3.61. The molecule has 1 unspecified atom stereocenters. The zero-order valence-electron chi connectivity index (χ0n) is 20.0. The molecule has 0 bridgehead atoms. The third kappa shape index (κ3) is 6.37. The van der Waals surface area contributed by atoms with Gasteiger partial charge in [0.2, 0.25) is 0 Å². The average Bonchev–Trinajstić information content (AvgIpc) is 3.29. The van der Waals surface area contributed by atoms with Crippen LogP contribution >= 0.6 is 11.3 Å². The van der Waals surface area contributed by atoms with Gasteiger partial charge < -0.3 is 14.8 Å². The van der Waals surface area contributed by atoms with E-state index in [2.05, 4.69) is 25.4 Å². The maximum Gasteiger partial charge on any atom is 0.435 e. The van der Waals surface area contributed by atoms with E-state index in [1.54, 1.807) is 25.3 Å². The second kappa shape index (κ2) is 10.9. The van der Waals surface area contributed by atoms with Gasteiger partial charge in [-0.2, -0.15) is 18.3 Å². The lowest BCUT2D eigenvalue weighted by atomic mass is 10.1. The average molecular weight is 522 g/mol. The first kappa shape index (κ1) is 26.0. The number of ether oxygens (including phenoxy) is 2. The molecule has 1 N–H and O–H groups in total. The Morgan fingerprint density at radius 1 is 1.31 bits per heavy atom. The van der Waals surface area contributed by atoms with Crippen LogP contribution in [0.3, 0.4) is 0 Å². The summed E-state index contributed by atoms with van der Waals surface area (Å²) in [5, 5.41) is 10.4. The number of carbonyl (C=O) groups is 1. The summed E-state index contributed by atoms with van der Waals surface area (Å²) in [6, 6.07) is 6.63. The van der Waals surface area contributed by atoms with Crippen LogP contribution in [0.15, 0.2) is 36.5 Å². The predicted molar refractivity (Wildman–Crippen MR) is 128 cm³/mol. The highest BCUT2D eigenvalue weighted by Gasteiger charge is 2.33. The van der Waals surface area contributed by atoms with Crippen LogP contribution in [0.25, 0.3) is 10.6 Å². The summed E-state index contributed by atoms with van der Waals surface area (Å²) in [4.78, 5) is 20.7. The van der Waals surface area contributed by atoms with Crippen molar-refractivity contribution in [1.29, 1.82) is 0 Å². The molecule has 3 aromatic rings. The zero-order valence-corrected chi connectivity index (χ0v) is 20.8. The van der Waals surface area contributed by atoms with Crippen LogP contribution in [0.4, 0.5) is 13.2 Å². The molecule has 2 atom stereocenters. The van der Waals surface area contributed by atoms with E-state index in [9.17, 15) is 18.0 Å². The largest absolute Gasteiger partial charge is 0.492 e. The summed E-state index contributed by atoms with van der Waals surface area (Å²) in [7, 11) is 2.01. The summed E-state index contributed by atoms with van der Waals surface area (Å²) >= 11 is 1.49. The number of alkyl halides is 3. The van der Waals surface area contributed by atoms with Crippen LogP contribution in [-0.4, -0.2) is 65.4 Å². The molecule has 0 aliphatic carbocycles. The Morgan fingerprint density at radius 2 is 2.11 bits per heavy atom. The molecule has 192 valence electrons. The van der Waals surface area contributed by atoms with Crippen molar-refractivity contribution in [1.82, 2.24) is 25.4 Å². The summed E-state index contributed by atoms with van der Waals surface area (Å²) < 4.78 is 49.9. The minimum absolute atomic E-state index is 0.0834. The number of hydrogen-bond donors (Lipinski definition) is 1. The summed E-state index contributed by atoms with van der Waals surface area (Å²) in [6.45, 7) is 6.00. The lowest BCUT2D eigenvalue weighted by Crippen LogP contribution is -2.46. The van der Waals surface area contributed by atoms with Crippen LogP contribution in [0, 0.1) is 6.92 Å². The van der Waals surface area contributed by atoms with Crippen LogP contribution in [-0.2, 0) is 10.9 Å². The first-order valence-corrected chi connectivity index (χ1v) is 12.1. The SMILES string of the molecule is Cc1cnc(-c2cc(OC[C@H]3COCCN3C)cc(C(=O)NC(C)c3ccc(C(F)(F)F)nn3)c2)s1. The van der Waals surface area contributed by atoms with Gasteiger partial charge in [0, 0.05) is 28.7 Å². The van der Waals surface area contributed by atoms with Crippen molar-refractivity contribution in [2.75, 3.05) is 33.4 Å². The molecule has 2 aromatic heterocycles. The molecule has 12 heteroatoms. The number of nitrogens with one attached hydrogen (secondary N) is 1. The van der Waals surface area contributed by atoms with E-state index >= 15 is 0 Å². The highest BCUT2D eigenvalue weighted by Crippen LogP contribution is 2.30. The first-order valence-electron chi connectivity index (χ1n) is 11.3. The van der Waals surface area contributed by atoms with Gasteiger partial charge in [-0.15, -0.1) is 16.4 Å². The molecule has 1 aliphatic heterocycles. The number of rotatable bonds is 7. The van der Waals surface area contributed by atoms with Gasteiger partial charge in [0.25, 0.3) is 5.91 Å². The standard InChI is InChI=1S/C24H26F3N5O3S/c1-14-11-28-23(36-14)17-8-16(9-19(10-17)35-13-18-12-34-7-6-32(18)3)22(33)29-15(2)20-4-5-21(31-30-20)24(25,26)27/h4-5,8-11,15,18H,6-7,12-13H2,1-3H3,(H,29,33)/t15?,18-/m1/s1. The number of aryl methyl sites for hydroxylation is 1. The van der Waals surface area contributed by atoms with E-state index in [4.69, 9.17) is 9.47 Å². The lowest BCUT2D eigenvalue weighted by Gasteiger charge is -2.32. The molecule has 1 aromatic carbocycles. The second-order valence-electron chi connectivity index (χ2n) is 8.58. The highest BCUT2D eigenvalue weighted by molar-refractivity contribution is 7.14. The van der Waals surface area contributed by atoms with Gasteiger partial charge in [-0.25, -0.2) is 4.98 Å². The molecule has 4 rings (SSSR count). The van der Waals surface area contributed by atoms with Crippen LogP contribution in [0.5, 0.6) is 5.75 Å². The van der Waals surface area contributed by atoms with Gasteiger partial charge in [0.15, 0.2) is 5.69 Å². The van der Waals surface area contributed by atoms with Gasteiger partial charge >= 0.3 is 6.18 Å². The minimum atomic E-state index is -4.58. The predicted octanol–water partition coefficient (Wildman–Crippen LogP) is 4.13. The second-order valence-corrected chi connectivity index (χ2v) is 9.81. The molecular weight excluding hydrogens is 495 g/mol.